The molecule has 0 bridgehead atoms. The summed E-state index contributed by atoms with van der Waals surface area (Å²) in [6, 6.07) is 11.9. The van der Waals surface area contributed by atoms with E-state index >= 15 is 0 Å². The summed E-state index contributed by atoms with van der Waals surface area (Å²) < 4.78 is 2.02. The number of amides is 1. The van der Waals surface area contributed by atoms with Gasteiger partial charge in [0, 0.05) is 18.7 Å². The molecule has 1 saturated carbocycles. The fourth-order valence-corrected chi connectivity index (χ4v) is 3.72. The summed E-state index contributed by atoms with van der Waals surface area (Å²) >= 11 is 0. The molecule has 1 aromatic carbocycles. The molecule has 8 nitrogen and oxygen atoms in total. The van der Waals surface area contributed by atoms with Crippen molar-refractivity contribution in [1.82, 2.24) is 30.0 Å². The summed E-state index contributed by atoms with van der Waals surface area (Å²) in [5, 5.41) is 17.1. The van der Waals surface area contributed by atoms with E-state index in [1.165, 1.54) is 24.1 Å². The summed E-state index contributed by atoms with van der Waals surface area (Å²) in [7, 11) is 1.78. The predicted molar refractivity (Wildman–Crippen MR) is 106 cm³/mol. The highest BCUT2D eigenvalue weighted by Crippen LogP contribution is 2.31. The molecule has 146 valence electrons. The molecule has 0 atom stereocenters. The van der Waals surface area contributed by atoms with E-state index in [1.54, 1.807) is 11.9 Å². The van der Waals surface area contributed by atoms with E-state index in [4.69, 9.17) is 0 Å². The van der Waals surface area contributed by atoms with Crippen molar-refractivity contribution in [3.05, 3.63) is 42.1 Å². The first-order valence-electron chi connectivity index (χ1n) is 9.78. The zero-order valence-electron chi connectivity index (χ0n) is 16.3. The smallest absolute Gasteiger partial charge is 0.251 e. The number of anilines is 1. The van der Waals surface area contributed by atoms with Gasteiger partial charge in [-0.3, -0.25) is 9.69 Å². The van der Waals surface area contributed by atoms with Crippen LogP contribution in [0.3, 0.4) is 0 Å². The third-order valence-electron chi connectivity index (χ3n) is 5.24. The van der Waals surface area contributed by atoms with Gasteiger partial charge in [-0.2, -0.15) is 9.90 Å². The van der Waals surface area contributed by atoms with Crippen LogP contribution in [-0.2, 0) is 11.3 Å². The van der Waals surface area contributed by atoms with Crippen molar-refractivity contribution in [2.45, 2.75) is 51.6 Å². The largest absolute Gasteiger partial charge is 0.298 e. The van der Waals surface area contributed by atoms with E-state index in [1.807, 2.05) is 48.0 Å². The van der Waals surface area contributed by atoms with Gasteiger partial charge in [-0.25, -0.2) is 4.68 Å². The predicted octanol–water partition coefficient (Wildman–Crippen LogP) is 3.01. The molecule has 1 fully saturated rings. The van der Waals surface area contributed by atoms with Crippen molar-refractivity contribution in [3.63, 3.8) is 0 Å². The third-order valence-corrected chi connectivity index (χ3v) is 5.24. The van der Waals surface area contributed by atoms with Crippen molar-refractivity contribution >= 4 is 11.7 Å². The minimum Gasteiger partial charge on any atom is -0.298 e. The first kappa shape index (κ1) is 18.3. The van der Waals surface area contributed by atoms with Crippen LogP contribution in [0.2, 0.25) is 0 Å². The zero-order chi connectivity index (χ0) is 19.5. The monoisotopic (exact) mass is 379 g/mol. The molecule has 0 aliphatic heterocycles. The minimum atomic E-state index is -0.103. The van der Waals surface area contributed by atoms with Crippen LogP contribution in [0.5, 0.6) is 0 Å². The fraction of sp³-hybridized carbons (Fsp3) is 0.450. The van der Waals surface area contributed by atoms with Crippen LogP contribution in [0.15, 0.2) is 36.4 Å². The van der Waals surface area contributed by atoms with Crippen molar-refractivity contribution in [2.24, 2.45) is 0 Å². The maximum atomic E-state index is 12.9. The van der Waals surface area contributed by atoms with Crippen molar-refractivity contribution in [2.75, 3.05) is 11.9 Å². The molecule has 0 N–H and O–H groups in total. The number of rotatable bonds is 5. The summed E-state index contributed by atoms with van der Waals surface area (Å²) in [6.07, 6.45) is 5.93. The maximum Gasteiger partial charge on any atom is 0.251 e. The quantitative estimate of drug-likeness (QED) is 0.681. The summed E-state index contributed by atoms with van der Waals surface area (Å²) in [5.74, 6) is 1.24. The summed E-state index contributed by atoms with van der Waals surface area (Å²) in [6.45, 7) is 2.00. The minimum absolute atomic E-state index is 0.0330. The van der Waals surface area contributed by atoms with Gasteiger partial charge in [0.25, 0.3) is 5.91 Å². The van der Waals surface area contributed by atoms with Gasteiger partial charge in [-0.05, 0) is 25.0 Å². The summed E-state index contributed by atoms with van der Waals surface area (Å²) in [4.78, 5) is 15.9. The second-order valence-electron chi connectivity index (χ2n) is 7.34. The Hall–Kier alpha value is -3.03. The highest BCUT2D eigenvalue weighted by atomic mass is 16.2. The lowest BCUT2D eigenvalue weighted by Crippen LogP contribution is -2.33. The standard InChI is InChI=1S/C20H25N7O/c1-15-13-18(27(22-15)17-11-7-4-8-12-17)25(2)19(28)14-26-23-20(21-24-26)16-9-5-3-6-10-16/h3,5-6,9-10,13,17H,4,7-8,11-12,14H2,1-2H3. The van der Waals surface area contributed by atoms with E-state index in [0.717, 1.165) is 29.9 Å². The molecule has 3 aromatic rings. The van der Waals surface area contributed by atoms with E-state index in [2.05, 4.69) is 20.5 Å². The second kappa shape index (κ2) is 7.92. The molecule has 2 heterocycles. The molecule has 1 amide bonds. The Balaban J connectivity index is 1.49. The highest BCUT2D eigenvalue weighted by molar-refractivity contribution is 5.91. The Morgan fingerprint density at radius 3 is 2.64 bits per heavy atom. The normalized spacial score (nSPS) is 14.9. The summed E-state index contributed by atoms with van der Waals surface area (Å²) in [5.41, 5.74) is 1.80. The molecule has 4 rings (SSSR count). The Bertz CT molecular complexity index is 941. The fourth-order valence-electron chi connectivity index (χ4n) is 3.72. The van der Waals surface area contributed by atoms with E-state index in [-0.39, 0.29) is 12.5 Å². The highest BCUT2D eigenvalue weighted by Gasteiger charge is 2.24. The number of tetrazole rings is 1. The number of benzene rings is 1. The van der Waals surface area contributed by atoms with Crippen LogP contribution >= 0.6 is 0 Å². The van der Waals surface area contributed by atoms with Gasteiger partial charge in [-0.1, -0.05) is 49.6 Å². The van der Waals surface area contributed by atoms with Gasteiger partial charge >= 0.3 is 0 Å². The molecule has 0 unspecified atom stereocenters. The van der Waals surface area contributed by atoms with Crippen LogP contribution in [0.25, 0.3) is 11.4 Å². The first-order valence-corrected chi connectivity index (χ1v) is 9.78. The van der Waals surface area contributed by atoms with E-state index < -0.39 is 0 Å². The zero-order valence-corrected chi connectivity index (χ0v) is 16.3. The van der Waals surface area contributed by atoms with Gasteiger partial charge in [0.2, 0.25) is 5.82 Å². The molecular weight excluding hydrogens is 354 g/mol. The lowest BCUT2D eigenvalue weighted by Gasteiger charge is -2.26. The number of aryl methyl sites for hydroxylation is 1. The Labute approximate surface area is 164 Å². The maximum absolute atomic E-state index is 12.9. The lowest BCUT2D eigenvalue weighted by atomic mass is 9.96. The van der Waals surface area contributed by atoms with Crippen LogP contribution in [0.1, 0.15) is 43.8 Å². The molecule has 2 aromatic heterocycles. The van der Waals surface area contributed by atoms with Crippen molar-refractivity contribution < 1.29 is 4.79 Å². The Morgan fingerprint density at radius 1 is 1.14 bits per heavy atom. The van der Waals surface area contributed by atoms with Crippen molar-refractivity contribution in [1.29, 1.82) is 0 Å². The number of likely N-dealkylation sites (N-methyl/N-ethyl adjacent to an activating group) is 1. The number of hydrogen-bond acceptors (Lipinski definition) is 5. The second-order valence-corrected chi connectivity index (χ2v) is 7.34. The van der Waals surface area contributed by atoms with Gasteiger partial charge in [-0.15, -0.1) is 10.2 Å². The SMILES string of the molecule is Cc1cc(N(C)C(=O)Cn2nnc(-c3ccccc3)n2)n(C2CCCCC2)n1. The molecule has 1 aliphatic rings. The molecule has 1 aliphatic carbocycles. The number of carbonyl (C=O) groups is 1. The molecule has 28 heavy (non-hydrogen) atoms. The third kappa shape index (κ3) is 3.81. The van der Waals surface area contributed by atoms with Gasteiger partial charge in [0.1, 0.15) is 12.4 Å². The molecule has 0 spiro atoms. The molecule has 8 heteroatoms. The lowest BCUT2D eigenvalue weighted by molar-refractivity contribution is -0.119. The topological polar surface area (TPSA) is 81.7 Å². The van der Waals surface area contributed by atoms with Crippen LogP contribution < -0.4 is 4.90 Å². The molecular formula is C20H25N7O. The number of carbonyl (C=O) groups excluding carboxylic acids is 1. The van der Waals surface area contributed by atoms with Gasteiger partial charge in [0.15, 0.2) is 0 Å². The van der Waals surface area contributed by atoms with Crippen LogP contribution in [0.4, 0.5) is 5.82 Å². The number of nitrogens with zero attached hydrogens (tertiary/aromatic N) is 7. The average Bonchev–Trinajstić information content (AvgIpc) is 3.35. The average molecular weight is 379 g/mol. The van der Waals surface area contributed by atoms with Gasteiger partial charge < -0.3 is 0 Å². The van der Waals surface area contributed by atoms with E-state index in [9.17, 15) is 4.79 Å². The van der Waals surface area contributed by atoms with Gasteiger partial charge in [0.05, 0.1) is 11.7 Å². The van der Waals surface area contributed by atoms with E-state index in [0.29, 0.717) is 11.9 Å². The number of hydrogen-bond donors (Lipinski definition) is 0. The number of aromatic nitrogens is 6. The van der Waals surface area contributed by atoms with Crippen LogP contribution in [-0.4, -0.2) is 42.9 Å². The first-order chi connectivity index (χ1) is 13.6. The Morgan fingerprint density at radius 2 is 1.89 bits per heavy atom. The van der Waals surface area contributed by atoms with Crippen LogP contribution in [0, 0.1) is 6.92 Å². The molecule has 0 saturated heterocycles. The van der Waals surface area contributed by atoms with Crippen molar-refractivity contribution in [3.8, 4) is 11.4 Å². The molecule has 0 radical (unpaired) electrons. The Kier molecular flexibility index (Phi) is 5.18.